The van der Waals surface area contributed by atoms with Crippen LogP contribution in [0.2, 0.25) is 0 Å². The van der Waals surface area contributed by atoms with E-state index in [1.54, 1.807) is 24.8 Å². The van der Waals surface area contributed by atoms with Gasteiger partial charge < -0.3 is 9.64 Å². The minimum Gasteiger partial charge on any atom is -0.375 e. The number of methoxy groups -OCH3 is 1. The molecule has 1 atom stereocenters. The molecular formula is C17H21F3N4O2. The number of ether oxygens (including phenoxy) is 1. The maximum atomic E-state index is 13.4. The number of hydrogen-bond acceptors (Lipinski definition) is 4. The van der Waals surface area contributed by atoms with Gasteiger partial charge in [0.15, 0.2) is 5.65 Å². The van der Waals surface area contributed by atoms with Gasteiger partial charge in [-0.1, -0.05) is 13.8 Å². The fourth-order valence-corrected chi connectivity index (χ4v) is 3.15. The second-order valence-electron chi connectivity index (χ2n) is 6.82. The van der Waals surface area contributed by atoms with E-state index in [4.69, 9.17) is 4.74 Å². The van der Waals surface area contributed by atoms with Crippen LogP contribution in [-0.2, 0) is 15.7 Å². The maximum Gasteiger partial charge on any atom is 0.433 e. The van der Waals surface area contributed by atoms with Crippen molar-refractivity contribution in [2.24, 2.45) is 0 Å². The number of hydrogen-bond donors (Lipinski definition) is 0. The van der Waals surface area contributed by atoms with Gasteiger partial charge >= 0.3 is 6.18 Å². The maximum absolute atomic E-state index is 13.4. The Balaban J connectivity index is 1.95. The second-order valence-corrected chi connectivity index (χ2v) is 6.82. The zero-order valence-corrected chi connectivity index (χ0v) is 14.9. The predicted octanol–water partition coefficient (Wildman–Crippen LogP) is 2.83. The third-order valence-electron chi connectivity index (χ3n) is 4.57. The number of fused-ring (bicyclic) bond motifs is 1. The van der Waals surface area contributed by atoms with Crippen LogP contribution >= 0.6 is 0 Å². The van der Waals surface area contributed by atoms with Crippen LogP contribution in [0.15, 0.2) is 12.1 Å². The fourth-order valence-electron chi connectivity index (χ4n) is 3.15. The molecule has 2 aromatic heterocycles. The minimum atomic E-state index is -4.52. The highest BCUT2D eigenvalue weighted by Crippen LogP contribution is 2.33. The Bertz CT molecular complexity index is 816. The van der Waals surface area contributed by atoms with Gasteiger partial charge in [-0.2, -0.15) is 18.3 Å². The van der Waals surface area contributed by atoms with Crippen LogP contribution in [0.3, 0.4) is 0 Å². The third-order valence-corrected chi connectivity index (χ3v) is 4.57. The first-order valence-electron chi connectivity index (χ1n) is 8.45. The predicted molar refractivity (Wildman–Crippen MR) is 87.9 cm³/mol. The van der Waals surface area contributed by atoms with Crippen LogP contribution in [-0.4, -0.2) is 52.2 Å². The van der Waals surface area contributed by atoms with Crippen molar-refractivity contribution in [2.45, 2.75) is 38.3 Å². The first-order chi connectivity index (χ1) is 12.2. The van der Waals surface area contributed by atoms with Crippen LogP contribution in [0.25, 0.3) is 5.65 Å². The highest BCUT2D eigenvalue weighted by Gasteiger charge is 2.36. The van der Waals surface area contributed by atoms with E-state index < -0.39 is 11.9 Å². The number of alkyl halides is 3. The van der Waals surface area contributed by atoms with Crippen molar-refractivity contribution < 1.29 is 22.7 Å². The summed E-state index contributed by atoms with van der Waals surface area (Å²) in [5.41, 5.74) is 0.249. The lowest BCUT2D eigenvalue weighted by Crippen LogP contribution is -2.31. The first kappa shape index (κ1) is 18.6. The van der Waals surface area contributed by atoms with Crippen LogP contribution < -0.4 is 0 Å². The van der Waals surface area contributed by atoms with Crippen LogP contribution in [0.5, 0.6) is 0 Å². The van der Waals surface area contributed by atoms with Gasteiger partial charge in [0.25, 0.3) is 0 Å². The monoisotopic (exact) mass is 370 g/mol. The summed E-state index contributed by atoms with van der Waals surface area (Å²) in [7, 11) is 1.45. The van der Waals surface area contributed by atoms with Crippen molar-refractivity contribution in [1.82, 2.24) is 19.5 Å². The van der Waals surface area contributed by atoms with Gasteiger partial charge in [0.05, 0.1) is 5.69 Å². The molecule has 0 aromatic carbocycles. The zero-order chi connectivity index (χ0) is 19.1. The Labute approximate surface area is 148 Å². The topological polar surface area (TPSA) is 59.7 Å². The molecule has 9 heteroatoms. The van der Waals surface area contributed by atoms with Gasteiger partial charge in [-0.15, -0.1) is 0 Å². The number of carbonyl (C=O) groups excluding carboxylic acids is 1. The molecule has 0 N–H and O–H groups in total. The summed E-state index contributed by atoms with van der Waals surface area (Å²) < 4.78 is 46.0. The van der Waals surface area contributed by atoms with Gasteiger partial charge in [0, 0.05) is 37.9 Å². The molecule has 142 valence electrons. The molecule has 0 unspecified atom stereocenters. The molecular weight excluding hydrogens is 349 g/mol. The van der Waals surface area contributed by atoms with E-state index in [1.807, 2.05) is 0 Å². The summed E-state index contributed by atoms with van der Waals surface area (Å²) in [6, 6.07) is 2.65. The Morgan fingerprint density at radius 2 is 2.12 bits per heavy atom. The van der Waals surface area contributed by atoms with Crippen molar-refractivity contribution >= 4 is 11.6 Å². The van der Waals surface area contributed by atoms with E-state index in [-0.39, 0.29) is 30.0 Å². The SMILES string of the molecule is COCC(=O)N1CC[C@@H](c2cc3nc(C(C)C)cc(C(F)(F)F)n3n2)C1. The number of aromatic nitrogens is 3. The molecule has 1 aliphatic rings. The molecule has 0 aliphatic carbocycles. The van der Waals surface area contributed by atoms with E-state index >= 15 is 0 Å². The minimum absolute atomic E-state index is 0.00455. The van der Waals surface area contributed by atoms with Gasteiger partial charge in [-0.05, 0) is 18.4 Å². The summed E-state index contributed by atoms with van der Waals surface area (Å²) >= 11 is 0. The van der Waals surface area contributed by atoms with E-state index in [0.717, 1.165) is 10.6 Å². The van der Waals surface area contributed by atoms with E-state index in [1.165, 1.54) is 7.11 Å². The molecule has 1 aliphatic heterocycles. The smallest absolute Gasteiger partial charge is 0.375 e. The Kier molecular flexibility index (Phi) is 4.92. The second kappa shape index (κ2) is 6.86. The van der Waals surface area contributed by atoms with E-state index in [2.05, 4.69) is 10.1 Å². The molecule has 2 aromatic rings. The van der Waals surface area contributed by atoms with Crippen molar-refractivity contribution in [3.8, 4) is 0 Å². The van der Waals surface area contributed by atoms with Crippen LogP contribution in [0.1, 0.15) is 49.2 Å². The fraction of sp³-hybridized carbons (Fsp3) is 0.588. The van der Waals surface area contributed by atoms with Gasteiger partial charge in [0.2, 0.25) is 5.91 Å². The highest BCUT2D eigenvalue weighted by molar-refractivity contribution is 5.77. The lowest BCUT2D eigenvalue weighted by Gasteiger charge is -2.15. The number of carbonyl (C=O) groups is 1. The standard InChI is InChI=1S/C17H21F3N4O2/c1-10(2)12-6-14(17(18,19)20)24-15(21-12)7-13(22-24)11-4-5-23(8-11)16(25)9-26-3/h6-7,10-11H,4-5,8-9H2,1-3H3/t11-/m1/s1. The van der Waals surface area contributed by atoms with Gasteiger partial charge in [0.1, 0.15) is 12.3 Å². The van der Waals surface area contributed by atoms with Gasteiger partial charge in [-0.3, -0.25) is 4.79 Å². The molecule has 6 nitrogen and oxygen atoms in total. The summed E-state index contributed by atoms with van der Waals surface area (Å²) in [5, 5.41) is 4.17. The molecule has 1 amide bonds. The third kappa shape index (κ3) is 3.53. The molecule has 0 spiro atoms. The number of nitrogens with zero attached hydrogens (tertiary/aromatic N) is 4. The van der Waals surface area contributed by atoms with E-state index in [9.17, 15) is 18.0 Å². The largest absolute Gasteiger partial charge is 0.433 e. The van der Waals surface area contributed by atoms with E-state index in [0.29, 0.717) is 30.9 Å². The number of likely N-dealkylation sites (tertiary alicyclic amines) is 1. The molecule has 3 rings (SSSR count). The molecule has 0 saturated carbocycles. The number of rotatable bonds is 4. The Hall–Kier alpha value is -2.16. The summed E-state index contributed by atoms with van der Waals surface area (Å²) in [4.78, 5) is 17.9. The number of amides is 1. The summed E-state index contributed by atoms with van der Waals surface area (Å²) in [5.74, 6) is -0.371. The molecule has 26 heavy (non-hydrogen) atoms. The first-order valence-corrected chi connectivity index (χ1v) is 8.45. The average molecular weight is 370 g/mol. The lowest BCUT2D eigenvalue weighted by molar-refractivity contribution is -0.142. The van der Waals surface area contributed by atoms with Crippen LogP contribution in [0.4, 0.5) is 13.2 Å². The van der Waals surface area contributed by atoms with Gasteiger partial charge in [-0.25, -0.2) is 9.50 Å². The highest BCUT2D eigenvalue weighted by atomic mass is 19.4. The molecule has 3 heterocycles. The normalized spacial score (nSPS) is 18.3. The molecule has 1 fully saturated rings. The van der Waals surface area contributed by atoms with Crippen molar-refractivity contribution in [2.75, 3.05) is 26.8 Å². The molecule has 0 bridgehead atoms. The zero-order valence-electron chi connectivity index (χ0n) is 14.9. The summed E-state index contributed by atoms with van der Waals surface area (Å²) in [6.07, 6.45) is -3.87. The van der Waals surface area contributed by atoms with Crippen LogP contribution in [0, 0.1) is 0 Å². The lowest BCUT2D eigenvalue weighted by atomic mass is 10.1. The molecule has 0 radical (unpaired) electrons. The Morgan fingerprint density at radius 3 is 2.73 bits per heavy atom. The van der Waals surface area contributed by atoms with Crippen molar-refractivity contribution in [1.29, 1.82) is 0 Å². The quantitative estimate of drug-likeness (QED) is 0.830. The van der Waals surface area contributed by atoms with Crippen molar-refractivity contribution in [3.63, 3.8) is 0 Å². The van der Waals surface area contributed by atoms with Crippen molar-refractivity contribution in [3.05, 3.63) is 29.2 Å². The Morgan fingerprint density at radius 1 is 1.38 bits per heavy atom. The average Bonchev–Trinajstić information content (AvgIpc) is 3.19. The summed E-state index contributed by atoms with van der Waals surface area (Å²) in [6.45, 7) is 4.55. The number of halogens is 3. The molecule has 1 saturated heterocycles.